The van der Waals surface area contributed by atoms with Crippen molar-refractivity contribution in [3.05, 3.63) is 134 Å². The first-order valence-corrected chi connectivity index (χ1v) is 40.3. The molecule has 0 aliphatic heterocycles. The van der Waals surface area contributed by atoms with E-state index in [0.717, 1.165) is 109 Å². The summed E-state index contributed by atoms with van der Waals surface area (Å²) in [6.45, 7) is 4.63. The van der Waals surface area contributed by atoms with E-state index >= 15 is 0 Å². The molecule has 0 fully saturated rings. The highest BCUT2D eigenvalue weighted by molar-refractivity contribution is 5.70. The van der Waals surface area contributed by atoms with E-state index in [1.165, 1.54) is 205 Å². The Bertz CT molecular complexity index is 2060. The average molecular weight is 1350 g/mol. The highest BCUT2D eigenvalue weighted by Crippen LogP contribution is 2.18. The summed E-state index contributed by atoms with van der Waals surface area (Å²) < 4.78 is 22.8. The van der Waals surface area contributed by atoms with E-state index in [0.29, 0.717) is 17.4 Å². The Morgan fingerprint density at radius 1 is 0.320 bits per heavy atom. The van der Waals surface area contributed by atoms with Gasteiger partial charge in [0.2, 0.25) is 0 Å². The molecule has 2 atom stereocenters. The largest absolute Gasteiger partial charge is 0.545 e. The van der Waals surface area contributed by atoms with Gasteiger partial charge < -0.3 is 33.3 Å². The number of aliphatic carboxylic acids is 1. The van der Waals surface area contributed by atoms with Crippen LogP contribution < -0.4 is 5.11 Å². The van der Waals surface area contributed by atoms with Gasteiger partial charge in [-0.3, -0.25) is 9.59 Å². The van der Waals surface area contributed by atoms with Gasteiger partial charge in [-0.1, -0.05) is 353 Å². The molecule has 0 aromatic carbocycles. The van der Waals surface area contributed by atoms with Crippen LogP contribution in [0.3, 0.4) is 0 Å². The molecule has 0 rings (SSSR count). The summed E-state index contributed by atoms with van der Waals surface area (Å²) in [6, 6.07) is 0. The monoisotopic (exact) mass is 1350 g/mol. The maximum atomic E-state index is 13.0. The summed E-state index contributed by atoms with van der Waals surface area (Å²) in [5, 5.41) is 11.9. The normalized spacial score (nSPS) is 13.4. The molecular formula is C88H151NO8. The summed E-state index contributed by atoms with van der Waals surface area (Å²) >= 11 is 0. The summed E-state index contributed by atoms with van der Waals surface area (Å²) in [7, 11) is 5.92. The summed E-state index contributed by atoms with van der Waals surface area (Å²) in [5.41, 5.74) is 0. The van der Waals surface area contributed by atoms with Crippen molar-refractivity contribution in [2.75, 3.05) is 47.5 Å². The molecule has 0 N–H and O–H groups in total. The van der Waals surface area contributed by atoms with Crippen molar-refractivity contribution in [1.29, 1.82) is 0 Å². The molecule has 97 heavy (non-hydrogen) atoms. The van der Waals surface area contributed by atoms with Crippen molar-refractivity contribution in [3.63, 3.8) is 0 Å². The van der Waals surface area contributed by atoms with Crippen molar-refractivity contribution in [2.24, 2.45) is 0 Å². The Labute approximate surface area is 599 Å². The lowest BCUT2D eigenvalue weighted by atomic mass is 10.0. The Morgan fingerprint density at radius 3 is 0.887 bits per heavy atom. The second kappa shape index (κ2) is 77.2. The Morgan fingerprint density at radius 2 is 0.588 bits per heavy atom. The minimum atomic E-state index is -1.64. The average Bonchev–Trinajstić information content (AvgIpc) is 3.74. The maximum Gasteiger partial charge on any atom is 0.306 e. The van der Waals surface area contributed by atoms with E-state index in [9.17, 15) is 19.5 Å². The predicted molar refractivity (Wildman–Crippen MR) is 416 cm³/mol. The third-order valence-electron chi connectivity index (χ3n) is 17.4. The number of carboxylic acids is 1. The van der Waals surface area contributed by atoms with E-state index in [4.69, 9.17) is 18.9 Å². The molecule has 0 saturated carbocycles. The lowest BCUT2D eigenvalue weighted by Gasteiger charge is -2.26. The van der Waals surface area contributed by atoms with Crippen molar-refractivity contribution in [3.8, 4) is 0 Å². The second-order valence-electron chi connectivity index (χ2n) is 28.0. The zero-order valence-corrected chi connectivity index (χ0v) is 63.7. The Balaban J connectivity index is 4.10. The number of nitrogens with zero attached hydrogens (tertiary/aromatic N) is 1. The third-order valence-corrected chi connectivity index (χ3v) is 17.4. The van der Waals surface area contributed by atoms with Gasteiger partial charge in [-0.2, -0.15) is 0 Å². The van der Waals surface area contributed by atoms with Crippen LogP contribution >= 0.6 is 0 Å². The van der Waals surface area contributed by atoms with E-state index < -0.39 is 24.3 Å². The summed E-state index contributed by atoms with van der Waals surface area (Å²) in [4.78, 5) is 37.6. The van der Waals surface area contributed by atoms with Crippen molar-refractivity contribution in [2.45, 2.75) is 360 Å². The predicted octanol–water partition coefficient (Wildman–Crippen LogP) is 24.7. The quantitative estimate of drug-likeness (QED) is 0.0195. The fourth-order valence-corrected chi connectivity index (χ4v) is 11.3. The van der Waals surface area contributed by atoms with Gasteiger partial charge in [-0.15, -0.1) is 0 Å². The van der Waals surface area contributed by atoms with E-state index in [1.54, 1.807) is 0 Å². The van der Waals surface area contributed by atoms with Crippen molar-refractivity contribution < 1.29 is 42.9 Å². The van der Waals surface area contributed by atoms with Gasteiger partial charge in [0.15, 0.2) is 12.4 Å². The van der Waals surface area contributed by atoms with E-state index in [2.05, 4.69) is 148 Å². The smallest absolute Gasteiger partial charge is 0.306 e. The highest BCUT2D eigenvalue weighted by atomic mass is 16.7. The first kappa shape index (κ1) is 92.4. The minimum Gasteiger partial charge on any atom is -0.545 e. The topological polar surface area (TPSA) is 111 Å². The fourth-order valence-electron chi connectivity index (χ4n) is 11.3. The molecule has 0 aromatic heterocycles. The van der Waals surface area contributed by atoms with Crippen LogP contribution in [0.25, 0.3) is 0 Å². The van der Waals surface area contributed by atoms with Crippen LogP contribution in [-0.4, -0.2) is 82.3 Å². The van der Waals surface area contributed by atoms with Gasteiger partial charge in [0.05, 0.1) is 40.3 Å². The van der Waals surface area contributed by atoms with Crippen LogP contribution in [0.1, 0.15) is 348 Å². The Hall–Kier alpha value is -4.57. The number of hydrogen-bond acceptors (Lipinski definition) is 8. The molecular weight excluding hydrogens is 1200 g/mol. The van der Waals surface area contributed by atoms with Crippen LogP contribution in [0.2, 0.25) is 0 Å². The fraction of sp³-hybridized carbons (Fsp3) is 0.716. The molecule has 0 amide bonds. The number of ether oxygens (including phenoxy) is 4. The van der Waals surface area contributed by atoms with E-state index in [-0.39, 0.29) is 38.6 Å². The van der Waals surface area contributed by atoms with E-state index in [1.807, 2.05) is 21.1 Å². The number of rotatable bonds is 74. The van der Waals surface area contributed by atoms with Crippen LogP contribution in [0.4, 0.5) is 0 Å². The molecule has 0 aliphatic rings. The molecule has 0 aromatic rings. The lowest BCUT2D eigenvalue weighted by molar-refractivity contribution is -0.870. The van der Waals surface area contributed by atoms with Gasteiger partial charge in [0, 0.05) is 12.8 Å². The zero-order valence-electron chi connectivity index (χ0n) is 63.7. The number of quaternary nitrogens is 1. The molecule has 0 heterocycles. The number of carbonyl (C=O) groups excluding carboxylic acids is 3. The maximum absolute atomic E-state index is 13.0. The van der Waals surface area contributed by atoms with Gasteiger partial charge in [-0.05, 0) is 116 Å². The molecule has 9 nitrogen and oxygen atoms in total. The number of hydrogen-bond donors (Lipinski definition) is 0. The summed E-state index contributed by atoms with van der Waals surface area (Å²) in [6.07, 6.45) is 109. The first-order chi connectivity index (χ1) is 47.6. The number of carbonyl (C=O) groups is 3. The number of allylic oxidation sites excluding steroid dienone is 22. The zero-order chi connectivity index (χ0) is 70.4. The van der Waals surface area contributed by atoms with Crippen molar-refractivity contribution in [1.82, 2.24) is 0 Å². The van der Waals surface area contributed by atoms with Gasteiger partial charge in [0.25, 0.3) is 0 Å². The lowest BCUT2D eigenvalue weighted by Crippen LogP contribution is -2.44. The number of likely N-dealkylation sites (N-methyl/N-ethyl adjacent to an activating group) is 1. The number of esters is 2. The van der Waals surface area contributed by atoms with Gasteiger partial charge in [0.1, 0.15) is 13.2 Å². The molecule has 556 valence electrons. The van der Waals surface area contributed by atoms with Gasteiger partial charge in [-0.25, -0.2) is 0 Å². The second-order valence-corrected chi connectivity index (χ2v) is 28.0. The van der Waals surface area contributed by atoms with Crippen LogP contribution in [0.5, 0.6) is 0 Å². The molecule has 0 radical (unpaired) electrons. The van der Waals surface area contributed by atoms with Crippen LogP contribution in [-0.2, 0) is 33.3 Å². The molecule has 2 unspecified atom stereocenters. The van der Waals surface area contributed by atoms with Crippen molar-refractivity contribution >= 4 is 17.9 Å². The minimum absolute atomic E-state index is 0.137. The van der Waals surface area contributed by atoms with Crippen LogP contribution in [0, 0.1) is 0 Å². The standard InChI is InChI=1S/C88H151NO8/c1-6-8-10-12-14-16-18-20-22-24-26-28-30-32-34-36-38-40-42-43-45-46-48-50-52-54-56-58-60-62-64-66-68-70-72-74-76-78-85(90)95-82-84(83-96-88(87(92)93)94-81-80-89(3,4)5)97-86(91)79-77-75-73-71-69-67-65-63-61-59-57-55-53-51-49-47-44-41-39-37-35-33-31-29-27-25-23-21-19-17-15-13-11-9-7-2/h9,11,15,17,21,23-24,26-27,29,33,35,39,41,47,49,53,55,59,61,65,67,84,88H,6-8,10,12-14,16,18-20,22,25,28,30-32,34,36-38,40,42-46,48,50-52,54,56-58,60,62-64,66,68-83H2,1-5H3/b11-9-,17-15-,23-21-,26-24-,29-27-,35-33-,41-39-,49-47-,55-53-,61-59-,67-65-. The SMILES string of the molecule is CC/C=C\C/C=C\C/C=C\C/C=C\C/C=C\C/C=C\C/C=C\C/C=C\C/C=C\C/C=C\CCCCCCC(=O)OC(COC(=O)CCCCCCCCCCCCCCCCCCCCCCCCCCC/C=C\CCCCCCCCCC)COC(OCC[N+](C)(C)C)C(=O)[O-]. The highest BCUT2D eigenvalue weighted by Gasteiger charge is 2.22. The number of unbranched alkanes of at least 4 members (excludes halogenated alkanes) is 37. The molecule has 0 aliphatic carbocycles. The van der Waals surface area contributed by atoms with Crippen LogP contribution in [0.15, 0.2) is 134 Å². The third kappa shape index (κ3) is 78.6. The number of carboxylic acid groups (broad SMARTS) is 1. The van der Waals surface area contributed by atoms with Gasteiger partial charge >= 0.3 is 11.9 Å². The Kier molecular flexibility index (Phi) is 73.5. The first-order valence-electron chi connectivity index (χ1n) is 40.3. The molecule has 0 saturated heterocycles. The summed E-state index contributed by atoms with van der Waals surface area (Å²) in [5.74, 6) is -2.31. The molecule has 0 bridgehead atoms. The molecule has 0 spiro atoms. The molecule has 9 heteroatoms.